The van der Waals surface area contributed by atoms with E-state index in [1.165, 1.54) is 17.5 Å². The SMILES string of the molecule is COCCOc1ccc(C2(c3ccc(OCC4CO4)cc3)CC(C)CC(C)(C)C2)cc1. The molecule has 1 aliphatic carbocycles. The van der Waals surface area contributed by atoms with Crippen molar-refractivity contribution in [2.75, 3.05) is 33.5 Å². The lowest BCUT2D eigenvalue weighted by atomic mass is 9.55. The Balaban J connectivity index is 1.62. The van der Waals surface area contributed by atoms with Crippen LogP contribution in [0.15, 0.2) is 48.5 Å². The molecule has 4 nitrogen and oxygen atoms in total. The zero-order valence-electron chi connectivity index (χ0n) is 19.4. The molecule has 4 heteroatoms. The van der Waals surface area contributed by atoms with Crippen molar-refractivity contribution in [3.8, 4) is 11.5 Å². The van der Waals surface area contributed by atoms with Gasteiger partial charge in [0.05, 0.1) is 13.2 Å². The summed E-state index contributed by atoms with van der Waals surface area (Å²) in [6.45, 7) is 9.83. The molecule has 168 valence electrons. The van der Waals surface area contributed by atoms with Crippen molar-refractivity contribution in [1.29, 1.82) is 0 Å². The summed E-state index contributed by atoms with van der Waals surface area (Å²) in [6, 6.07) is 17.5. The summed E-state index contributed by atoms with van der Waals surface area (Å²) in [5, 5.41) is 0. The van der Waals surface area contributed by atoms with Gasteiger partial charge in [0, 0.05) is 12.5 Å². The van der Waals surface area contributed by atoms with Gasteiger partial charge in [-0.1, -0.05) is 45.0 Å². The summed E-state index contributed by atoms with van der Waals surface area (Å²) in [5.41, 5.74) is 3.01. The molecule has 2 fully saturated rings. The number of rotatable bonds is 9. The van der Waals surface area contributed by atoms with Crippen molar-refractivity contribution in [2.24, 2.45) is 11.3 Å². The van der Waals surface area contributed by atoms with E-state index >= 15 is 0 Å². The topological polar surface area (TPSA) is 40.2 Å². The van der Waals surface area contributed by atoms with E-state index in [9.17, 15) is 0 Å². The quantitative estimate of drug-likeness (QED) is 0.387. The standard InChI is InChI=1S/C27H36O4/c1-20-15-26(2,3)19-27(16-20,21-5-9-23(10-6-21)29-14-13-28-4)22-7-11-24(12-8-22)30-17-25-18-31-25/h5-12,20,25H,13-19H2,1-4H3. The van der Waals surface area contributed by atoms with E-state index in [0.717, 1.165) is 30.9 Å². The summed E-state index contributed by atoms with van der Waals surface area (Å²) in [4.78, 5) is 0. The van der Waals surface area contributed by atoms with Crippen LogP contribution in [0.4, 0.5) is 0 Å². The first kappa shape index (κ1) is 22.2. The Kier molecular flexibility index (Phi) is 6.59. The number of methoxy groups -OCH3 is 1. The van der Waals surface area contributed by atoms with Crippen LogP contribution in [0.1, 0.15) is 51.2 Å². The van der Waals surface area contributed by atoms with E-state index in [0.29, 0.717) is 25.7 Å². The Morgan fingerprint density at radius 1 is 0.871 bits per heavy atom. The van der Waals surface area contributed by atoms with Gasteiger partial charge in [-0.15, -0.1) is 0 Å². The Morgan fingerprint density at radius 2 is 1.45 bits per heavy atom. The van der Waals surface area contributed by atoms with E-state index in [-0.39, 0.29) is 16.9 Å². The average Bonchev–Trinajstić information content (AvgIpc) is 3.56. The molecule has 2 aromatic rings. The number of benzene rings is 2. The molecular formula is C27H36O4. The van der Waals surface area contributed by atoms with Crippen molar-refractivity contribution in [3.05, 3.63) is 59.7 Å². The van der Waals surface area contributed by atoms with Gasteiger partial charge < -0.3 is 18.9 Å². The van der Waals surface area contributed by atoms with Crippen LogP contribution >= 0.6 is 0 Å². The highest BCUT2D eigenvalue weighted by atomic mass is 16.6. The highest BCUT2D eigenvalue weighted by Gasteiger charge is 2.45. The van der Waals surface area contributed by atoms with Crippen LogP contribution in [0.3, 0.4) is 0 Å². The van der Waals surface area contributed by atoms with Gasteiger partial charge in [-0.2, -0.15) is 0 Å². The van der Waals surface area contributed by atoms with Gasteiger partial charge in [0.2, 0.25) is 0 Å². The first-order valence-corrected chi connectivity index (χ1v) is 11.5. The van der Waals surface area contributed by atoms with Gasteiger partial charge in [0.15, 0.2) is 0 Å². The number of hydrogen-bond acceptors (Lipinski definition) is 4. The van der Waals surface area contributed by atoms with E-state index in [2.05, 4.69) is 69.3 Å². The van der Waals surface area contributed by atoms with E-state index in [1.807, 2.05) is 0 Å². The Hall–Kier alpha value is -2.04. The lowest BCUT2D eigenvalue weighted by Gasteiger charge is -2.48. The van der Waals surface area contributed by atoms with Gasteiger partial charge in [-0.3, -0.25) is 0 Å². The molecule has 3 unspecified atom stereocenters. The zero-order chi connectivity index (χ0) is 21.9. The monoisotopic (exact) mass is 424 g/mol. The average molecular weight is 425 g/mol. The van der Waals surface area contributed by atoms with Gasteiger partial charge in [-0.25, -0.2) is 0 Å². The minimum atomic E-state index is -0.00956. The summed E-state index contributed by atoms with van der Waals surface area (Å²) in [7, 11) is 1.69. The fraction of sp³-hybridized carbons (Fsp3) is 0.556. The smallest absolute Gasteiger partial charge is 0.119 e. The maximum atomic E-state index is 5.88. The lowest BCUT2D eigenvalue weighted by molar-refractivity contribution is 0.126. The first-order valence-electron chi connectivity index (χ1n) is 11.5. The Bertz CT molecular complexity index is 839. The van der Waals surface area contributed by atoms with Crippen LogP contribution in [-0.2, 0) is 14.9 Å². The molecule has 2 aliphatic rings. The molecule has 2 aromatic carbocycles. The minimum absolute atomic E-state index is 0.00956. The third-order valence-corrected chi connectivity index (χ3v) is 6.59. The Labute approximate surface area is 186 Å². The normalized spacial score (nSPS) is 27.0. The maximum absolute atomic E-state index is 5.88. The molecule has 1 saturated carbocycles. The van der Waals surface area contributed by atoms with Crippen LogP contribution in [0.5, 0.6) is 11.5 Å². The fourth-order valence-corrected chi connectivity index (χ4v) is 5.51. The van der Waals surface area contributed by atoms with Crippen molar-refractivity contribution in [3.63, 3.8) is 0 Å². The molecule has 1 saturated heterocycles. The van der Waals surface area contributed by atoms with Crippen molar-refractivity contribution in [2.45, 2.75) is 51.6 Å². The second kappa shape index (κ2) is 9.22. The van der Waals surface area contributed by atoms with Crippen LogP contribution in [-0.4, -0.2) is 39.6 Å². The lowest BCUT2D eigenvalue weighted by Crippen LogP contribution is -2.41. The molecule has 31 heavy (non-hydrogen) atoms. The summed E-state index contributed by atoms with van der Waals surface area (Å²) < 4.78 is 22.0. The van der Waals surface area contributed by atoms with E-state index in [4.69, 9.17) is 18.9 Å². The van der Waals surface area contributed by atoms with Crippen molar-refractivity contribution >= 4 is 0 Å². The van der Waals surface area contributed by atoms with Crippen LogP contribution in [0.25, 0.3) is 0 Å². The summed E-state index contributed by atoms with van der Waals surface area (Å²) >= 11 is 0. The third-order valence-electron chi connectivity index (χ3n) is 6.59. The highest BCUT2D eigenvalue weighted by molar-refractivity contribution is 5.44. The summed E-state index contributed by atoms with van der Waals surface area (Å²) in [5.74, 6) is 2.47. The molecular weight excluding hydrogens is 388 g/mol. The predicted molar refractivity (Wildman–Crippen MR) is 123 cm³/mol. The van der Waals surface area contributed by atoms with E-state index in [1.54, 1.807) is 7.11 Å². The summed E-state index contributed by atoms with van der Waals surface area (Å²) in [6.07, 6.45) is 3.81. The number of epoxide rings is 1. The molecule has 0 N–H and O–H groups in total. The molecule has 1 aliphatic heterocycles. The third kappa shape index (κ3) is 5.42. The van der Waals surface area contributed by atoms with E-state index < -0.39 is 0 Å². The molecule has 0 amide bonds. The number of ether oxygens (including phenoxy) is 4. The molecule has 0 spiro atoms. The molecule has 1 heterocycles. The van der Waals surface area contributed by atoms with Gasteiger partial charge in [0.1, 0.15) is 30.8 Å². The zero-order valence-corrected chi connectivity index (χ0v) is 19.4. The molecule has 0 aromatic heterocycles. The number of hydrogen-bond donors (Lipinski definition) is 0. The molecule has 0 bridgehead atoms. The fourth-order valence-electron chi connectivity index (χ4n) is 5.51. The molecule has 3 atom stereocenters. The van der Waals surface area contributed by atoms with Gasteiger partial charge in [0.25, 0.3) is 0 Å². The minimum Gasteiger partial charge on any atom is -0.491 e. The maximum Gasteiger partial charge on any atom is 0.119 e. The van der Waals surface area contributed by atoms with Crippen molar-refractivity contribution < 1.29 is 18.9 Å². The largest absolute Gasteiger partial charge is 0.491 e. The highest BCUT2D eigenvalue weighted by Crippen LogP contribution is 2.53. The first-order chi connectivity index (χ1) is 14.9. The van der Waals surface area contributed by atoms with Crippen LogP contribution < -0.4 is 9.47 Å². The second-order valence-electron chi connectivity index (χ2n) is 10.1. The van der Waals surface area contributed by atoms with Gasteiger partial charge in [-0.05, 0) is 66.0 Å². The molecule has 4 rings (SSSR count). The second-order valence-corrected chi connectivity index (χ2v) is 10.1. The Morgan fingerprint density at radius 3 is 1.97 bits per heavy atom. The van der Waals surface area contributed by atoms with Crippen LogP contribution in [0.2, 0.25) is 0 Å². The molecule has 0 radical (unpaired) electrons. The predicted octanol–water partition coefficient (Wildman–Crippen LogP) is 5.62. The van der Waals surface area contributed by atoms with Crippen LogP contribution in [0, 0.1) is 11.3 Å². The van der Waals surface area contributed by atoms with Crippen molar-refractivity contribution in [1.82, 2.24) is 0 Å². The van der Waals surface area contributed by atoms with Gasteiger partial charge >= 0.3 is 0 Å².